The highest BCUT2D eigenvalue weighted by molar-refractivity contribution is 4.95. The standard InChI is InChI=1S/C8H16N2O.2C8H16N2.C8H15NO.C7H11N3.C7H14N2/c1-9-2-3-10-4-5-11-7-8(10)6-9;1-10-5-3-8-7(6-10)2-4-9-8;1-9-5-6-10-4-2-3-8(10)7-9;1-9-3-2-7-5-10-6-8(7)4-9;1-9-4-5-10-3-2-8-7(10)6-9;1-9-4-6-2-8-3-7(6)5-9/h8H,2-7H2,1H3;7-9H,2-6H2,1H3;8H,2-7H2,1H3;7-8H,2-6H2,1H3;2-3H,4-6H2,1H3;6-8H,2-5H2,1H3. The highest BCUT2D eigenvalue weighted by Crippen LogP contribution is 2.28. The van der Waals surface area contributed by atoms with Gasteiger partial charge in [-0.2, -0.15) is 0 Å². The van der Waals surface area contributed by atoms with Gasteiger partial charge in [0.2, 0.25) is 0 Å². The number of aromatic nitrogens is 2. The average Bonchev–Trinajstić information content (AvgIpc) is 4.10. The molecule has 0 radical (unpaired) electrons. The van der Waals surface area contributed by atoms with Crippen LogP contribution in [0.15, 0.2) is 12.4 Å². The second kappa shape index (κ2) is 23.6. The molecular weight excluding hydrogens is 753 g/mol. The van der Waals surface area contributed by atoms with E-state index in [1.807, 2.05) is 12.4 Å². The summed E-state index contributed by atoms with van der Waals surface area (Å²) in [6.07, 6.45) is 10.9. The van der Waals surface area contributed by atoms with Gasteiger partial charge in [0.25, 0.3) is 0 Å². The monoisotopic (exact) mass is 841 g/mol. The molecule has 12 heterocycles. The molecule has 0 aromatic carbocycles. The predicted molar refractivity (Wildman–Crippen MR) is 244 cm³/mol. The van der Waals surface area contributed by atoms with E-state index in [0.29, 0.717) is 6.04 Å². The number of ether oxygens (including phenoxy) is 2. The summed E-state index contributed by atoms with van der Waals surface area (Å²) in [5.41, 5.74) is 0. The highest BCUT2D eigenvalue weighted by atomic mass is 16.5. The Labute approximate surface area is 365 Å². The second-order valence-electron chi connectivity index (χ2n) is 20.6. The normalized spacial score (nSPS) is 36.1. The lowest BCUT2D eigenvalue weighted by atomic mass is 9.89. The fourth-order valence-corrected chi connectivity index (χ4v) is 11.7. The lowest BCUT2D eigenvalue weighted by molar-refractivity contribution is -0.0397. The van der Waals surface area contributed by atoms with Gasteiger partial charge in [0.15, 0.2) is 0 Å². The molecule has 8 unspecified atom stereocenters. The van der Waals surface area contributed by atoms with Gasteiger partial charge >= 0.3 is 0 Å². The van der Waals surface area contributed by atoms with E-state index in [2.05, 4.69) is 102 Å². The van der Waals surface area contributed by atoms with Crippen LogP contribution in [0.5, 0.6) is 0 Å². The quantitative estimate of drug-likeness (QED) is 0.391. The Morgan fingerprint density at radius 3 is 1.97 bits per heavy atom. The number of likely N-dealkylation sites (tertiary alicyclic amines) is 3. The summed E-state index contributed by atoms with van der Waals surface area (Å²) in [7, 11) is 13.2. The van der Waals surface area contributed by atoms with Crippen molar-refractivity contribution in [3.63, 3.8) is 0 Å². The molecule has 11 aliphatic rings. The SMILES string of the molecule is CN1CC2CNCC2C1.CN1CCC2COCC2C1.CN1CCC2NCCC2C1.CN1CCN2CCCC2C1.CN1CCN2CCOCC2C1.CN1CCn2ccnc2C1. The summed E-state index contributed by atoms with van der Waals surface area (Å²) >= 11 is 0. The number of piperidine rings is 2. The van der Waals surface area contributed by atoms with Crippen molar-refractivity contribution in [3.8, 4) is 0 Å². The molecule has 344 valence electrons. The van der Waals surface area contributed by atoms with Gasteiger partial charge in [-0.25, -0.2) is 4.98 Å². The lowest BCUT2D eigenvalue weighted by Crippen LogP contribution is -2.56. The van der Waals surface area contributed by atoms with Crippen LogP contribution >= 0.6 is 0 Å². The minimum Gasteiger partial charge on any atom is -0.381 e. The van der Waals surface area contributed by atoms with E-state index in [-0.39, 0.29) is 0 Å². The zero-order valence-corrected chi connectivity index (χ0v) is 39.1. The molecule has 1 aromatic heterocycles. The smallest absolute Gasteiger partial charge is 0.122 e. The van der Waals surface area contributed by atoms with Gasteiger partial charge in [0.05, 0.1) is 26.4 Å². The number of morpholine rings is 1. The number of hydrogen-bond donors (Lipinski definition) is 2. The van der Waals surface area contributed by atoms with Crippen LogP contribution in [0, 0.1) is 29.6 Å². The molecule has 10 fully saturated rings. The van der Waals surface area contributed by atoms with Crippen molar-refractivity contribution < 1.29 is 9.47 Å². The van der Waals surface area contributed by atoms with E-state index in [1.165, 1.54) is 143 Å². The maximum atomic E-state index is 5.42. The van der Waals surface area contributed by atoms with Crippen molar-refractivity contribution in [1.29, 1.82) is 0 Å². The molecule has 8 atom stereocenters. The zero-order valence-electron chi connectivity index (χ0n) is 39.1. The minimum absolute atomic E-state index is 0.669. The molecule has 14 heteroatoms. The number of nitrogens with one attached hydrogen (secondary N) is 2. The first-order valence-corrected chi connectivity index (χ1v) is 24.4. The van der Waals surface area contributed by atoms with Gasteiger partial charge in [0, 0.05) is 128 Å². The maximum absolute atomic E-state index is 5.42. The number of fused-ring (bicyclic) bond motifs is 6. The summed E-state index contributed by atoms with van der Waals surface area (Å²) in [5, 5.41) is 6.97. The molecule has 0 bridgehead atoms. The molecule has 0 amide bonds. The van der Waals surface area contributed by atoms with Crippen LogP contribution in [0.1, 0.15) is 37.9 Å². The van der Waals surface area contributed by atoms with Crippen molar-refractivity contribution in [2.45, 2.75) is 63.3 Å². The topological polar surface area (TPSA) is 86.3 Å². The number of hydrogen-bond acceptors (Lipinski definition) is 13. The first kappa shape index (κ1) is 46.7. The molecule has 12 rings (SSSR count). The number of likely N-dealkylation sites (N-methyl/N-ethyl adjacent to an activating group) is 3. The third-order valence-corrected chi connectivity index (χ3v) is 15.6. The Balaban J connectivity index is 0.000000109. The van der Waals surface area contributed by atoms with E-state index in [9.17, 15) is 0 Å². The molecule has 1 aromatic rings. The van der Waals surface area contributed by atoms with Crippen molar-refractivity contribution in [2.24, 2.45) is 29.6 Å². The van der Waals surface area contributed by atoms with E-state index < -0.39 is 0 Å². The van der Waals surface area contributed by atoms with E-state index >= 15 is 0 Å². The Hall–Kier alpha value is -1.27. The maximum Gasteiger partial charge on any atom is 0.122 e. The molecule has 10 saturated heterocycles. The molecule has 0 aliphatic carbocycles. The predicted octanol–water partition coefficient (Wildman–Crippen LogP) is 1.01. The van der Waals surface area contributed by atoms with E-state index in [1.54, 1.807) is 0 Å². The first-order chi connectivity index (χ1) is 29.2. The lowest BCUT2D eigenvalue weighted by Gasteiger charge is -2.42. The highest BCUT2D eigenvalue weighted by Gasteiger charge is 2.35. The van der Waals surface area contributed by atoms with Crippen LogP contribution in [0.2, 0.25) is 0 Å². The van der Waals surface area contributed by atoms with Crippen LogP contribution in [0.4, 0.5) is 0 Å². The van der Waals surface area contributed by atoms with Crippen LogP contribution in [0.3, 0.4) is 0 Å². The molecular formula is C46H88N12O2. The van der Waals surface area contributed by atoms with E-state index in [0.717, 1.165) is 94.3 Å². The van der Waals surface area contributed by atoms with Crippen LogP contribution in [0.25, 0.3) is 0 Å². The Morgan fingerprint density at radius 2 is 1.18 bits per heavy atom. The number of nitrogens with zero attached hydrogens (tertiary/aromatic N) is 10. The minimum atomic E-state index is 0.669. The van der Waals surface area contributed by atoms with Gasteiger partial charge in [-0.3, -0.25) is 14.7 Å². The van der Waals surface area contributed by atoms with Gasteiger partial charge in [-0.05, 0) is 137 Å². The summed E-state index contributed by atoms with van der Waals surface area (Å²) < 4.78 is 13.0. The molecule has 0 saturated carbocycles. The summed E-state index contributed by atoms with van der Waals surface area (Å²) in [5.74, 6) is 5.81. The van der Waals surface area contributed by atoms with Gasteiger partial charge < -0.3 is 49.2 Å². The summed E-state index contributed by atoms with van der Waals surface area (Å²) in [6, 6.07) is 2.43. The van der Waals surface area contributed by atoms with Gasteiger partial charge in [0.1, 0.15) is 5.82 Å². The molecule has 14 nitrogen and oxygen atoms in total. The van der Waals surface area contributed by atoms with Gasteiger partial charge in [-0.15, -0.1) is 0 Å². The number of rotatable bonds is 0. The number of piperazine rings is 2. The largest absolute Gasteiger partial charge is 0.381 e. The van der Waals surface area contributed by atoms with Gasteiger partial charge in [-0.1, -0.05) is 0 Å². The third kappa shape index (κ3) is 13.9. The zero-order chi connectivity index (χ0) is 41.8. The second-order valence-corrected chi connectivity index (χ2v) is 20.6. The Kier molecular flexibility index (Phi) is 18.4. The first-order valence-electron chi connectivity index (χ1n) is 24.4. The summed E-state index contributed by atoms with van der Waals surface area (Å²) in [6.45, 7) is 28.7. The van der Waals surface area contributed by atoms with E-state index in [4.69, 9.17) is 9.47 Å². The average molecular weight is 841 g/mol. The fraction of sp³-hybridized carbons (Fsp3) is 0.935. The fourth-order valence-electron chi connectivity index (χ4n) is 11.7. The Morgan fingerprint density at radius 1 is 0.533 bits per heavy atom. The van der Waals surface area contributed by atoms with Crippen LogP contribution < -0.4 is 10.6 Å². The van der Waals surface area contributed by atoms with Crippen LogP contribution in [-0.2, 0) is 22.6 Å². The molecule has 0 spiro atoms. The Bertz CT molecular complexity index is 1290. The molecule has 11 aliphatic heterocycles. The summed E-state index contributed by atoms with van der Waals surface area (Å²) in [4.78, 5) is 23.8. The van der Waals surface area contributed by atoms with Crippen molar-refractivity contribution >= 4 is 0 Å². The van der Waals surface area contributed by atoms with Crippen molar-refractivity contribution in [3.05, 3.63) is 18.2 Å². The van der Waals surface area contributed by atoms with Crippen molar-refractivity contribution in [2.75, 3.05) is 187 Å². The number of imidazole rings is 1. The van der Waals surface area contributed by atoms with Crippen LogP contribution in [-0.4, -0.2) is 253 Å². The van der Waals surface area contributed by atoms with Crippen molar-refractivity contribution in [1.82, 2.24) is 59.4 Å². The molecule has 2 N–H and O–H groups in total. The molecule has 60 heavy (non-hydrogen) atoms. The third-order valence-electron chi connectivity index (χ3n) is 15.6.